The van der Waals surface area contributed by atoms with E-state index < -0.39 is 0 Å². The van der Waals surface area contributed by atoms with Crippen molar-refractivity contribution in [3.05, 3.63) is 58.9 Å². The van der Waals surface area contributed by atoms with Gasteiger partial charge in [0.1, 0.15) is 18.8 Å². The first-order valence-electron chi connectivity index (χ1n) is 15.2. The molecular formula is C33H50ClN2O3+. The quantitative estimate of drug-likeness (QED) is 0.121. The zero-order valence-corrected chi connectivity index (χ0v) is 25.3. The maximum atomic E-state index is 13.2. The van der Waals surface area contributed by atoms with Gasteiger partial charge in [0.2, 0.25) is 11.6 Å². The zero-order valence-electron chi connectivity index (χ0n) is 24.6. The topological polar surface area (TPSA) is 50.5 Å². The molecule has 0 saturated carbocycles. The maximum absolute atomic E-state index is 13.2. The maximum Gasteiger partial charge on any atom is 0.261 e. The molecule has 0 spiro atoms. The van der Waals surface area contributed by atoms with Gasteiger partial charge in [-0.3, -0.25) is 14.5 Å². The minimum atomic E-state index is -0.366. The molecule has 1 aromatic carbocycles. The Morgan fingerprint density at radius 3 is 1.95 bits per heavy atom. The number of ether oxygens (including phenoxy) is 1. The lowest BCUT2D eigenvalue weighted by Gasteiger charge is -2.19. The van der Waals surface area contributed by atoms with E-state index in [0.29, 0.717) is 22.9 Å². The fourth-order valence-electron chi connectivity index (χ4n) is 4.84. The fraction of sp³-hybridized carbons (Fsp3) is 0.606. The van der Waals surface area contributed by atoms with Crippen LogP contribution in [0.15, 0.2) is 42.6 Å². The van der Waals surface area contributed by atoms with Gasteiger partial charge in [0.25, 0.3) is 5.91 Å². The number of hydrogen-bond acceptors (Lipinski definition) is 3. The lowest BCUT2D eigenvalue weighted by molar-refractivity contribution is -0.701. The zero-order chi connectivity index (χ0) is 28.3. The highest BCUT2D eigenvalue weighted by atomic mass is 35.5. The summed E-state index contributed by atoms with van der Waals surface area (Å²) < 4.78 is 7.90. The number of hydrogen-bond donors (Lipinski definition) is 0. The molecule has 216 valence electrons. The Labute approximate surface area is 241 Å². The number of unbranched alkanes of at least 4 members (excludes halogenated alkanes) is 13. The van der Waals surface area contributed by atoms with E-state index in [1.165, 1.54) is 88.9 Å². The van der Waals surface area contributed by atoms with Crippen LogP contribution in [0, 0.1) is 0 Å². The Morgan fingerprint density at radius 2 is 1.41 bits per heavy atom. The molecule has 2 rings (SSSR count). The van der Waals surface area contributed by atoms with Crippen LogP contribution < -0.4 is 9.30 Å². The number of amides is 2. The molecule has 0 radical (unpaired) electrons. The standard InChI is InChI=1S/C33H50ClN2O3/c1-4-6-7-8-9-10-11-12-13-14-15-16-17-20-25-39-32-23-22-29(26-31(32)34)33(38)36(28(3)37)27-30-21-18-19-24-35(30)5-2/h18-19,21-24,26H,4-17,20,25,27H2,1-3H3/q+1. The number of benzene rings is 1. The normalized spacial score (nSPS) is 11.0. The van der Waals surface area contributed by atoms with Crippen LogP contribution >= 0.6 is 11.6 Å². The van der Waals surface area contributed by atoms with Gasteiger partial charge >= 0.3 is 0 Å². The van der Waals surface area contributed by atoms with Crippen molar-refractivity contribution in [1.29, 1.82) is 0 Å². The summed E-state index contributed by atoms with van der Waals surface area (Å²) in [6.07, 6.45) is 20.4. The van der Waals surface area contributed by atoms with Crippen LogP contribution in [0.4, 0.5) is 0 Å². The van der Waals surface area contributed by atoms with Crippen LogP contribution in [0.5, 0.6) is 5.75 Å². The molecule has 0 aliphatic rings. The van der Waals surface area contributed by atoms with Gasteiger partial charge in [-0.25, -0.2) is 4.57 Å². The molecule has 2 amide bonds. The summed E-state index contributed by atoms with van der Waals surface area (Å²) in [6, 6.07) is 10.8. The summed E-state index contributed by atoms with van der Waals surface area (Å²) in [6.45, 7) is 7.28. The van der Waals surface area contributed by atoms with Gasteiger partial charge in [-0.05, 0) is 31.5 Å². The molecule has 2 aromatic rings. The molecule has 1 heterocycles. The summed E-state index contributed by atoms with van der Waals surface area (Å²) in [5.41, 5.74) is 1.26. The van der Waals surface area contributed by atoms with E-state index in [9.17, 15) is 9.59 Å². The molecule has 0 aliphatic heterocycles. The van der Waals surface area contributed by atoms with Gasteiger partial charge in [-0.2, -0.15) is 0 Å². The highest BCUT2D eigenvalue weighted by Gasteiger charge is 2.24. The third-order valence-corrected chi connectivity index (χ3v) is 7.55. The first kappa shape index (κ1) is 32.8. The van der Waals surface area contributed by atoms with E-state index >= 15 is 0 Å². The average molecular weight is 558 g/mol. The molecule has 0 N–H and O–H groups in total. The summed E-state index contributed by atoms with van der Waals surface area (Å²) in [4.78, 5) is 26.7. The largest absolute Gasteiger partial charge is 0.492 e. The van der Waals surface area contributed by atoms with Crippen LogP contribution in [0.2, 0.25) is 5.02 Å². The molecule has 1 aromatic heterocycles. The number of carbonyl (C=O) groups excluding carboxylic acids is 2. The Kier molecular flexibility index (Phi) is 16.5. The average Bonchev–Trinajstić information content (AvgIpc) is 2.94. The smallest absolute Gasteiger partial charge is 0.261 e. The summed E-state index contributed by atoms with van der Waals surface area (Å²) in [7, 11) is 0. The summed E-state index contributed by atoms with van der Waals surface area (Å²) in [5.74, 6) is -0.0978. The van der Waals surface area contributed by atoms with Gasteiger partial charge in [0.15, 0.2) is 6.20 Å². The third-order valence-electron chi connectivity index (χ3n) is 7.25. The van der Waals surface area contributed by atoms with Crippen LogP contribution in [0.25, 0.3) is 0 Å². The van der Waals surface area contributed by atoms with Crippen molar-refractivity contribution in [2.75, 3.05) is 6.61 Å². The number of nitrogens with zero attached hydrogens (tertiary/aromatic N) is 2. The molecule has 39 heavy (non-hydrogen) atoms. The van der Waals surface area contributed by atoms with E-state index in [2.05, 4.69) is 6.92 Å². The van der Waals surface area contributed by atoms with Crippen molar-refractivity contribution in [2.45, 2.75) is 124 Å². The molecule has 0 unspecified atom stereocenters. The predicted octanol–water partition coefficient (Wildman–Crippen LogP) is 8.70. The van der Waals surface area contributed by atoms with Crippen molar-refractivity contribution in [3.63, 3.8) is 0 Å². The van der Waals surface area contributed by atoms with Crippen LogP contribution in [0.1, 0.15) is 127 Å². The van der Waals surface area contributed by atoms with Crippen molar-refractivity contribution in [2.24, 2.45) is 0 Å². The van der Waals surface area contributed by atoms with Gasteiger partial charge in [-0.1, -0.05) is 108 Å². The van der Waals surface area contributed by atoms with E-state index in [1.54, 1.807) is 18.2 Å². The first-order chi connectivity index (χ1) is 19.0. The molecule has 0 atom stereocenters. The van der Waals surface area contributed by atoms with E-state index in [4.69, 9.17) is 16.3 Å². The number of imide groups is 1. The van der Waals surface area contributed by atoms with Gasteiger partial charge < -0.3 is 4.74 Å². The minimum absolute atomic E-state index is 0.206. The second-order valence-electron chi connectivity index (χ2n) is 10.5. The lowest BCUT2D eigenvalue weighted by Crippen LogP contribution is -2.43. The van der Waals surface area contributed by atoms with Crippen molar-refractivity contribution in [1.82, 2.24) is 4.90 Å². The Morgan fingerprint density at radius 1 is 0.821 bits per heavy atom. The Bertz CT molecular complexity index is 995. The predicted molar refractivity (Wildman–Crippen MR) is 160 cm³/mol. The van der Waals surface area contributed by atoms with Gasteiger partial charge in [-0.15, -0.1) is 0 Å². The van der Waals surface area contributed by atoms with Crippen LogP contribution in [0.3, 0.4) is 0 Å². The van der Waals surface area contributed by atoms with E-state index in [0.717, 1.165) is 25.1 Å². The Balaban J connectivity index is 1.67. The SMILES string of the molecule is CCCCCCCCCCCCCCCCOc1ccc(C(=O)N(Cc2cccc[n+]2CC)C(C)=O)cc1Cl. The second kappa shape index (κ2) is 19.6. The van der Waals surface area contributed by atoms with Gasteiger partial charge in [0, 0.05) is 24.6 Å². The Hall–Kier alpha value is -2.40. The number of aryl methyl sites for hydroxylation is 1. The van der Waals surface area contributed by atoms with Crippen LogP contribution in [-0.4, -0.2) is 23.3 Å². The number of rotatable bonds is 20. The first-order valence-corrected chi connectivity index (χ1v) is 15.6. The summed E-state index contributed by atoms with van der Waals surface area (Å²) >= 11 is 6.45. The molecule has 6 heteroatoms. The molecule has 0 saturated heterocycles. The minimum Gasteiger partial charge on any atom is -0.492 e. The number of aromatic nitrogens is 1. The number of pyridine rings is 1. The highest BCUT2D eigenvalue weighted by molar-refractivity contribution is 6.32. The van der Waals surface area contributed by atoms with Crippen molar-refractivity contribution >= 4 is 23.4 Å². The van der Waals surface area contributed by atoms with E-state index in [-0.39, 0.29) is 18.4 Å². The van der Waals surface area contributed by atoms with E-state index in [1.807, 2.05) is 35.9 Å². The van der Waals surface area contributed by atoms with Crippen LogP contribution in [-0.2, 0) is 17.9 Å². The molecule has 5 nitrogen and oxygen atoms in total. The second-order valence-corrected chi connectivity index (χ2v) is 10.9. The number of halogens is 1. The molecule has 0 bridgehead atoms. The number of carbonyl (C=O) groups is 2. The van der Waals surface area contributed by atoms with Crippen molar-refractivity contribution in [3.8, 4) is 5.75 Å². The van der Waals surface area contributed by atoms with Gasteiger partial charge in [0.05, 0.1) is 11.6 Å². The molecular weight excluding hydrogens is 508 g/mol. The molecule has 0 fully saturated rings. The van der Waals surface area contributed by atoms with Crippen molar-refractivity contribution < 1.29 is 18.9 Å². The lowest BCUT2D eigenvalue weighted by atomic mass is 10.0. The third kappa shape index (κ3) is 12.5. The summed E-state index contributed by atoms with van der Waals surface area (Å²) in [5, 5.41) is 0.387. The highest BCUT2D eigenvalue weighted by Crippen LogP contribution is 2.27. The molecule has 0 aliphatic carbocycles. The fourth-order valence-corrected chi connectivity index (χ4v) is 5.07. The monoisotopic (exact) mass is 557 g/mol.